The zero-order chi connectivity index (χ0) is 76.9. The minimum absolute atomic E-state index is 0. The molecule has 576 valence electrons. The Kier molecular flexibility index (Phi) is 33.6. The first kappa shape index (κ1) is 94.9. The molecule has 108 heavy (non-hydrogen) atoms. The van der Waals surface area contributed by atoms with Crippen molar-refractivity contribution in [3.05, 3.63) is 91.0 Å². The van der Waals surface area contributed by atoms with Crippen LogP contribution in [-0.2, 0) is 104 Å². The maximum Gasteiger partial charge on any atom is 1.00 e. The Labute approximate surface area is 705 Å². The van der Waals surface area contributed by atoms with E-state index < -0.39 is 381 Å². The molecule has 4 fully saturated rings. The zero-order valence-corrected chi connectivity index (χ0v) is 69.4. The number of hydrogen-bond donors (Lipinski definition) is 16. The van der Waals surface area contributed by atoms with Gasteiger partial charge in [-0.15, -0.1) is 23.0 Å². The molecule has 9 rings (SSSR count). The molecule has 4 aromatic carbocycles. The van der Waals surface area contributed by atoms with Crippen molar-refractivity contribution < 1.29 is 288 Å². The number of aliphatic hydroxyl groups excluding tert-OH is 4. The van der Waals surface area contributed by atoms with Crippen molar-refractivity contribution in [1.29, 1.82) is 0 Å². The molecule has 4 saturated heterocycles. The number of benzene rings is 4. The van der Waals surface area contributed by atoms with Gasteiger partial charge in [0.1, 0.15) is 47.2 Å². The number of carbonyl (C=O) groups is 4. The number of β-amino-alcohol motifs (C(OH)–C–C–N with tert-alkyl or cyclic N) is 4. The summed E-state index contributed by atoms with van der Waals surface area (Å²) in [5.74, 6) is -26.3. The monoisotopic (exact) mass is 1640 g/mol. The number of carboxylic acid groups (broad SMARTS) is 4. The standard InChI is InChI=1S/C60H76N4O36S4.4Na/c65-25-9-45(57(77)78)61(17-25)21-41-49(69)33-13-35(51(41)71)30(2-6-98-102(88,89)90)37-15-39(55(75)43(53(37)73)23-63-19-27(67)11-47(63)59(81)82)32(4-8-100-104(94,95)96)40-16-38(54(74)44(56(40)76)24-64-20-28(68)12-48(64)60(83)84)31(3-7-99-103(91,92)93)36-14-34(29(33)1-5-97-101(85,86)87)50(70)42(52(36)72)22-62-18-26(66)10-46(62)58(79)80;;;;/h13-16,25-32,45-48,65-76H,1-12,17-24H2,(H,77,78)(H,79,80)(H,81,82)(H,83,84)(H,85,86,87)(H,88,89,90)(H,91,92,93)(H,94,95,96);;;;/q;4*+1/p-4/t25-,26-,27-,28-,29?,30?,31?,32?,45-,46-,47-,48-;;;;/m0..../s1. The maximum atomic E-state index is 16.0. The number of nitrogens with zero attached hydrogens (tertiary/aromatic N) is 4. The largest absolute Gasteiger partial charge is 1.00 e. The number of aromatic hydroxyl groups is 4. The van der Waals surface area contributed by atoms with Crippen LogP contribution in [0.15, 0.2) is 24.3 Å². The van der Waals surface area contributed by atoms with Gasteiger partial charge in [-0.3, -0.25) is 57.0 Å². The van der Waals surface area contributed by atoms with Gasteiger partial charge < -0.3 is 81.7 Å². The second kappa shape index (κ2) is 38.2. The van der Waals surface area contributed by atoms with E-state index in [-0.39, 0.29) is 118 Å². The van der Waals surface area contributed by atoms with Crippen molar-refractivity contribution in [3.63, 3.8) is 0 Å². The van der Waals surface area contributed by atoms with E-state index in [1.807, 2.05) is 0 Å². The Hall–Kier alpha value is -3.68. The molecule has 0 saturated carbocycles. The summed E-state index contributed by atoms with van der Waals surface area (Å²) in [5.41, 5.74) is -10.6. The van der Waals surface area contributed by atoms with Crippen LogP contribution in [0.2, 0.25) is 0 Å². The summed E-state index contributed by atoms with van der Waals surface area (Å²) < 4.78 is 159. The smallest absolute Gasteiger partial charge is 0.872 e. The Bertz CT molecular complexity index is 3820. The van der Waals surface area contributed by atoms with Crippen molar-refractivity contribution in [1.82, 2.24) is 19.6 Å². The third kappa shape index (κ3) is 22.4. The minimum Gasteiger partial charge on any atom is -0.872 e. The van der Waals surface area contributed by atoms with E-state index in [9.17, 15) is 132 Å². The molecule has 0 spiro atoms. The van der Waals surface area contributed by atoms with Crippen molar-refractivity contribution in [2.75, 3.05) is 52.6 Å². The molecule has 48 heteroatoms. The van der Waals surface area contributed by atoms with Crippen LogP contribution in [0.5, 0.6) is 46.0 Å². The molecule has 4 aliphatic heterocycles. The van der Waals surface area contributed by atoms with Gasteiger partial charge in [0.2, 0.25) is 0 Å². The van der Waals surface area contributed by atoms with Crippen LogP contribution in [0.4, 0.5) is 0 Å². The summed E-state index contributed by atoms with van der Waals surface area (Å²) in [6.45, 7) is -11.9. The molecular formula is C60H72N4Na4O36S4. The Morgan fingerprint density at radius 3 is 0.713 bits per heavy atom. The number of phenolic OH excluding ortho intramolecular Hbond substituents is 4. The first-order chi connectivity index (χ1) is 48.3. The fourth-order valence-corrected chi connectivity index (χ4v) is 16.0. The predicted molar refractivity (Wildman–Crippen MR) is 336 cm³/mol. The Morgan fingerprint density at radius 2 is 0.519 bits per heavy atom. The molecular weight excluding hydrogens is 1570 g/mol. The number of aliphatic carboxylic acids is 4. The topological polar surface area (TPSA) is 671 Å². The number of carboxylic acids is 4. The summed E-state index contributed by atoms with van der Waals surface area (Å²) in [4.78, 5) is 55.3. The number of hydrogen-bond acceptors (Lipinski definition) is 32. The van der Waals surface area contributed by atoms with Crippen molar-refractivity contribution in [2.24, 2.45) is 0 Å². The molecule has 10 atom stereocenters. The predicted octanol–water partition coefficient (Wildman–Crippen LogP) is -15.4. The van der Waals surface area contributed by atoms with E-state index in [2.05, 4.69) is 0 Å². The molecule has 5 aliphatic rings. The van der Waals surface area contributed by atoms with Gasteiger partial charge in [0.15, 0.2) is 0 Å². The normalized spacial score (nSPS) is 24.3. The molecule has 0 radical (unpaired) electrons. The van der Waals surface area contributed by atoms with E-state index in [0.717, 1.165) is 31.7 Å². The fourth-order valence-electron chi connectivity index (χ4n) is 14.8. The Balaban J connectivity index is 0.00000523. The number of phenols is 4. The molecule has 4 heterocycles. The molecule has 4 aromatic rings. The van der Waals surface area contributed by atoms with E-state index in [4.69, 9.17) is 16.7 Å². The summed E-state index contributed by atoms with van der Waals surface area (Å²) in [6, 6.07) is -4.00. The quantitative estimate of drug-likeness (QED) is 0.0185. The van der Waals surface area contributed by atoms with Crippen molar-refractivity contribution in [2.45, 2.75) is 150 Å². The average molecular weight is 1650 g/mol. The van der Waals surface area contributed by atoms with E-state index in [1.54, 1.807) is 0 Å². The third-order valence-corrected chi connectivity index (χ3v) is 21.2. The summed E-state index contributed by atoms with van der Waals surface area (Å²) >= 11 is 0. The zero-order valence-electron chi connectivity index (χ0n) is 58.1. The number of rotatable bonds is 28. The van der Waals surface area contributed by atoms with Crippen LogP contribution in [0.3, 0.4) is 0 Å². The van der Waals surface area contributed by atoms with Crippen LogP contribution >= 0.6 is 0 Å². The van der Waals surface area contributed by atoms with Gasteiger partial charge in [0.25, 0.3) is 0 Å². The SMILES string of the molecule is O=C(O)[C@@H]1C[C@H](O)CN1Cc1c([O-])c2cc(c1[O-])C(CCOS(=O)(=O)O)c1cc(c(O)c(CN3C[C@@H](O)C[C@H]3C(=O)O)c1O)C(CCOS(=O)(=O)O)c1cc(c(O)c(CN3C[C@@H](O)C[C@H]3C(=O)O)c1O)C(CCOS(=O)(=O)O)c1cc(c([O-])c(CN3C[C@@H](O)C[C@H]3C(=O)O)c1[O-])C2CCOS(=O)(=O)O.[Na+].[Na+].[Na+].[Na+]. The van der Waals surface area contributed by atoms with Crippen LogP contribution < -0.4 is 139 Å². The van der Waals surface area contributed by atoms with Crippen LogP contribution in [0, 0.1) is 0 Å². The second-order valence-corrected chi connectivity index (χ2v) is 30.3. The van der Waals surface area contributed by atoms with Gasteiger partial charge in [-0.1, -0.05) is 12.1 Å². The first-order valence-corrected chi connectivity index (χ1v) is 37.1. The average Bonchev–Trinajstić information content (AvgIpc) is 0.897. The van der Waals surface area contributed by atoms with Gasteiger partial charge in [0.05, 0.1) is 62.0 Å². The molecule has 1 aliphatic carbocycles. The van der Waals surface area contributed by atoms with Crippen molar-refractivity contribution >= 4 is 65.5 Å². The minimum atomic E-state index is -5.59. The molecule has 8 bridgehead atoms. The molecule has 0 amide bonds. The van der Waals surface area contributed by atoms with Crippen LogP contribution in [0.1, 0.15) is 142 Å². The fraction of sp³-hybridized carbons (Fsp3) is 0.533. The van der Waals surface area contributed by atoms with Gasteiger partial charge in [-0.2, -0.15) is 33.7 Å². The summed E-state index contributed by atoms with van der Waals surface area (Å²) in [5, 5.41) is 201. The second-order valence-electron chi connectivity index (χ2n) is 25.9. The van der Waals surface area contributed by atoms with Crippen molar-refractivity contribution in [3.8, 4) is 46.0 Å². The van der Waals surface area contributed by atoms with E-state index >= 15 is 20.4 Å². The van der Waals surface area contributed by atoms with Gasteiger partial charge in [0, 0.05) is 124 Å². The van der Waals surface area contributed by atoms with Gasteiger partial charge >= 0.3 is 184 Å². The van der Waals surface area contributed by atoms with Crippen LogP contribution in [0.25, 0.3) is 0 Å². The van der Waals surface area contributed by atoms with Crippen LogP contribution in [-0.4, -0.2) is 258 Å². The van der Waals surface area contributed by atoms with Gasteiger partial charge in [-0.25, -0.2) is 16.7 Å². The summed E-state index contributed by atoms with van der Waals surface area (Å²) in [7, 11) is -22.3. The molecule has 0 aromatic heterocycles. The molecule has 40 nitrogen and oxygen atoms in total. The maximum absolute atomic E-state index is 16.0. The van der Waals surface area contributed by atoms with Gasteiger partial charge in [-0.05, 0) is 71.2 Å². The number of fused-ring (bicyclic) bond motifs is 8. The molecule has 16 N–H and O–H groups in total. The number of aliphatic hydroxyl groups is 4. The first-order valence-electron chi connectivity index (χ1n) is 31.6. The Morgan fingerprint density at radius 1 is 0.343 bits per heavy atom. The molecule has 2 unspecified atom stereocenters. The number of likely N-dealkylation sites (tertiary alicyclic amines) is 4. The third-order valence-electron chi connectivity index (χ3n) is 19.3. The summed E-state index contributed by atoms with van der Waals surface area (Å²) in [6.07, 6.45) is -12.5. The van der Waals surface area contributed by atoms with E-state index in [1.165, 1.54) is 0 Å². The van der Waals surface area contributed by atoms with E-state index in [0.29, 0.717) is 12.1 Å².